The van der Waals surface area contributed by atoms with Crippen LogP contribution in [0.25, 0.3) is 6.08 Å². The summed E-state index contributed by atoms with van der Waals surface area (Å²) in [6.45, 7) is 11.1. The average Bonchev–Trinajstić information content (AvgIpc) is 3.30. The lowest BCUT2D eigenvalue weighted by Gasteiger charge is -2.27. The molecule has 6 rings (SSSR count). The maximum Gasteiger partial charge on any atom is 0.530 e. The van der Waals surface area contributed by atoms with Gasteiger partial charge >= 0.3 is 7.82 Å². The zero-order valence-electron chi connectivity index (χ0n) is 29.0. The Balaban J connectivity index is 1.19. The van der Waals surface area contributed by atoms with Crippen LogP contribution in [0.1, 0.15) is 70.6 Å². The van der Waals surface area contributed by atoms with Crippen LogP contribution in [-0.2, 0) is 35.8 Å². The molecule has 3 aromatic carbocycles. The predicted molar refractivity (Wildman–Crippen MR) is 192 cm³/mol. The number of fused-ring (bicyclic) bond motifs is 3. The highest BCUT2D eigenvalue weighted by molar-refractivity contribution is 7.85. The first-order valence-corrected chi connectivity index (χ1v) is 19.8. The van der Waals surface area contributed by atoms with Crippen LogP contribution in [0.5, 0.6) is 17.2 Å². The molecule has 50 heavy (non-hydrogen) atoms. The van der Waals surface area contributed by atoms with Crippen LogP contribution in [0.15, 0.2) is 94.6 Å². The molecule has 264 valence electrons. The number of hydrogen-bond acceptors (Lipinski definition) is 8. The van der Waals surface area contributed by atoms with Gasteiger partial charge in [0.2, 0.25) is 5.69 Å². The van der Waals surface area contributed by atoms with Crippen LogP contribution in [-0.4, -0.2) is 43.0 Å². The van der Waals surface area contributed by atoms with E-state index >= 15 is 0 Å². The molecule has 3 aromatic rings. The summed E-state index contributed by atoms with van der Waals surface area (Å²) in [6, 6.07) is 17.7. The van der Waals surface area contributed by atoms with E-state index in [1.807, 2.05) is 30.3 Å². The summed E-state index contributed by atoms with van der Waals surface area (Å²) >= 11 is 0. The number of ether oxygens (including phenoxy) is 2. The fourth-order valence-corrected chi connectivity index (χ4v) is 8.32. The zero-order valence-corrected chi connectivity index (χ0v) is 30.7. The smallest absolute Gasteiger partial charge is 0.489 e. The zero-order chi connectivity index (χ0) is 35.7. The molecule has 10 nitrogen and oxygen atoms in total. The highest BCUT2D eigenvalue weighted by Crippen LogP contribution is 2.49. The Labute approximate surface area is 294 Å². The lowest BCUT2D eigenvalue weighted by molar-refractivity contribution is -0.433. The lowest BCUT2D eigenvalue weighted by Crippen LogP contribution is -2.27. The number of hydrogen-bond donors (Lipinski definition) is 1. The van der Waals surface area contributed by atoms with Crippen molar-refractivity contribution in [1.29, 1.82) is 0 Å². The van der Waals surface area contributed by atoms with Crippen molar-refractivity contribution in [1.82, 2.24) is 0 Å². The molecule has 3 aliphatic rings. The Kier molecular flexibility index (Phi) is 10.3. The van der Waals surface area contributed by atoms with Gasteiger partial charge < -0.3 is 14.0 Å². The van der Waals surface area contributed by atoms with Gasteiger partial charge in [-0.05, 0) is 119 Å². The predicted octanol–water partition coefficient (Wildman–Crippen LogP) is 8.94. The topological polar surface area (TPSA) is 121 Å². The number of benzene rings is 3. The van der Waals surface area contributed by atoms with Crippen molar-refractivity contribution in [2.45, 2.75) is 70.8 Å². The molecule has 12 heteroatoms. The summed E-state index contributed by atoms with van der Waals surface area (Å²) in [4.78, 5) is -0.105. The summed E-state index contributed by atoms with van der Waals surface area (Å²) in [5.74, 6) is 2.61. The van der Waals surface area contributed by atoms with E-state index in [9.17, 15) is 17.5 Å². The Hall–Kier alpha value is -3.99. The first-order valence-electron chi connectivity index (χ1n) is 16.9. The standard InChI is InChI=1S/C38H42NO9PS/c1-6-39-34-20-19-32(50(41,42)43)24-33(34)38(4,5)36(39)21-15-27-10-9-11-29-22-28-14-18-31(23-35(28)47-37(27)29)44-25-26-12-16-30(17-13-26)48-49(40,45-7-2)46-8-3/h12-24H,6-11,25H2,1-5H3/p+1/b21-15+. The molecule has 0 radical (unpaired) electrons. The fourth-order valence-electron chi connectivity index (χ4n) is 6.62. The van der Waals surface area contributed by atoms with Crippen LogP contribution in [0.2, 0.25) is 0 Å². The number of rotatable bonds is 13. The number of phosphoric ester groups is 1. The molecule has 0 amide bonds. The first kappa shape index (κ1) is 35.8. The van der Waals surface area contributed by atoms with E-state index in [4.69, 9.17) is 23.0 Å². The number of allylic oxidation sites excluding steroid dienone is 4. The van der Waals surface area contributed by atoms with Gasteiger partial charge in [-0.15, -0.1) is 0 Å². The van der Waals surface area contributed by atoms with Crippen molar-refractivity contribution in [3.63, 3.8) is 0 Å². The monoisotopic (exact) mass is 720 g/mol. The molecule has 0 unspecified atom stereocenters. The maximum atomic E-state index is 12.7. The van der Waals surface area contributed by atoms with Crippen LogP contribution in [0.3, 0.4) is 0 Å². The minimum absolute atomic E-state index is 0.105. The average molecular weight is 721 g/mol. The molecule has 2 heterocycles. The van der Waals surface area contributed by atoms with Gasteiger partial charge in [-0.2, -0.15) is 13.0 Å². The second-order valence-electron chi connectivity index (χ2n) is 12.7. The Bertz CT molecular complexity index is 2070. The van der Waals surface area contributed by atoms with E-state index in [1.165, 1.54) is 6.07 Å². The molecular formula is C38H43NO9PS+. The second kappa shape index (κ2) is 14.3. The molecule has 0 aromatic heterocycles. The third-order valence-corrected chi connectivity index (χ3v) is 11.5. The van der Waals surface area contributed by atoms with E-state index in [-0.39, 0.29) is 18.1 Å². The molecule has 0 atom stereocenters. The van der Waals surface area contributed by atoms with E-state index < -0.39 is 23.4 Å². The van der Waals surface area contributed by atoms with Crippen molar-refractivity contribution in [2.75, 3.05) is 19.8 Å². The van der Waals surface area contributed by atoms with Gasteiger partial charge in [0.1, 0.15) is 36.2 Å². The van der Waals surface area contributed by atoms with Crippen LogP contribution < -0.4 is 14.0 Å². The normalized spacial score (nSPS) is 16.9. The third-order valence-electron chi connectivity index (χ3n) is 9.04. The summed E-state index contributed by atoms with van der Waals surface area (Å²) in [5.41, 5.74) is 6.46. The Morgan fingerprint density at radius 3 is 2.34 bits per heavy atom. The van der Waals surface area contributed by atoms with E-state index in [1.54, 1.807) is 38.1 Å². The Morgan fingerprint density at radius 1 is 0.940 bits per heavy atom. The first-order chi connectivity index (χ1) is 23.8. The summed E-state index contributed by atoms with van der Waals surface area (Å²) in [7, 11) is -7.99. The van der Waals surface area contributed by atoms with Gasteiger partial charge in [0.15, 0.2) is 5.71 Å². The summed E-state index contributed by atoms with van der Waals surface area (Å²) in [6.07, 6.45) is 9.20. The molecule has 0 fully saturated rings. The number of phosphoric acid groups is 1. The molecule has 2 aliphatic heterocycles. The lowest BCUT2D eigenvalue weighted by atomic mass is 9.81. The number of nitrogens with zero attached hydrogens (tertiary/aromatic N) is 1. The van der Waals surface area contributed by atoms with Gasteiger partial charge in [0.25, 0.3) is 10.1 Å². The van der Waals surface area contributed by atoms with E-state index in [2.05, 4.69) is 43.6 Å². The summed E-state index contributed by atoms with van der Waals surface area (Å²) < 4.78 is 77.0. The SMILES string of the molecule is CCOP(=O)(OCC)Oc1ccc(COc2ccc3c(c2)OC2=C(/C=C/C4=[N+](CC)c5ccc(S(=O)(=O)O)cc5C4(C)C)CCCC2=C3)cc1. The van der Waals surface area contributed by atoms with Gasteiger partial charge in [-0.1, -0.05) is 12.1 Å². The highest BCUT2D eigenvalue weighted by atomic mass is 32.2. The van der Waals surface area contributed by atoms with Crippen molar-refractivity contribution < 1.29 is 45.2 Å². The minimum atomic E-state index is -4.32. The van der Waals surface area contributed by atoms with Crippen LogP contribution >= 0.6 is 7.82 Å². The summed E-state index contributed by atoms with van der Waals surface area (Å²) in [5, 5.41) is 0. The fraction of sp³-hybridized carbons (Fsp3) is 0.342. The van der Waals surface area contributed by atoms with Crippen molar-refractivity contribution in [3.05, 3.63) is 106 Å². The minimum Gasteiger partial charge on any atom is -0.489 e. The Morgan fingerprint density at radius 2 is 1.66 bits per heavy atom. The van der Waals surface area contributed by atoms with Gasteiger partial charge in [0, 0.05) is 29.3 Å². The van der Waals surface area contributed by atoms with Gasteiger partial charge in [-0.3, -0.25) is 13.6 Å². The second-order valence-corrected chi connectivity index (χ2v) is 15.7. The largest absolute Gasteiger partial charge is 0.530 e. The van der Waals surface area contributed by atoms with Crippen molar-refractivity contribution in [3.8, 4) is 17.2 Å². The van der Waals surface area contributed by atoms with Crippen LogP contribution in [0, 0.1) is 0 Å². The third kappa shape index (κ3) is 7.38. The van der Waals surface area contributed by atoms with Crippen LogP contribution in [0.4, 0.5) is 5.69 Å². The quantitative estimate of drug-likeness (QED) is 0.105. The van der Waals surface area contributed by atoms with E-state index in [0.717, 1.165) is 70.0 Å². The van der Waals surface area contributed by atoms with E-state index in [0.29, 0.717) is 24.7 Å². The van der Waals surface area contributed by atoms with Crippen molar-refractivity contribution in [2.24, 2.45) is 0 Å². The van der Waals surface area contributed by atoms with Crippen molar-refractivity contribution >= 4 is 35.4 Å². The molecule has 1 N–H and O–H groups in total. The molecule has 0 saturated heterocycles. The molecule has 0 saturated carbocycles. The molecule has 0 spiro atoms. The maximum absolute atomic E-state index is 12.7. The highest BCUT2D eigenvalue weighted by Gasteiger charge is 2.44. The molecular weight excluding hydrogens is 677 g/mol. The molecule has 1 aliphatic carbocycles. The molecule has 0 bridgehead atoms. The van der Waals surface area contributed by atoms with Gasteiger partial charge in [0.05, 0.1) is 23.5 Å². The van der Waals surface area contributed by atoms with Gasteiger partial charge in [-0.25, -0.2) is 4.57 Å².